The van der Waals surface area contributed by atoms with Crippen molar-refractivity contribution in [1.82, 2.24) is 0 Å². The molecule has 9 rings (SSSR count). The highest BCUT2D eigenvalue weighted by Crippen LogP contribution is 2.48. The van der Waals surface area contributed by atoms with E-state index in [1.165, 1.54) is 30.3 Å². The van der Waals surface area contributed by atoms with E-state index in [0.717, 1.165) is 0 Å². The monoisotopic (exact) mass is 590 g/mol. The molecule has 0 fully saturated rings. The van der Waals surface area contributed by atoms with Crippen molar-refractivity contribution in [1.29, 1.82) is 0 Å². The molecule has 0 N–H and O–H groups in total. The fraction of sp³-hybridized carbons (Fsp3) is 0. The maximum absolute atomic E-state index is 9.49. The predicted molar refractivity (Wildman–Crippen MR) is 190 cm³/mol. The molecule has 1 aromatic heterocycles. The molecule has 0 amide bonds. The average Bonchev–Trinajstić information content (AvgIpc) is 3.66. The largest absolute Gasteiger partial charge is 0.456 e. The SMILES string of the molecule is [2H]c1c([2H])c([2H])c(-c2ccccc2-c2c3c([2H])c([2H])c([2H])c([2H])c3c(-c3cc(-c4c([2H])c([2H])c([2H])c([2H])c4[2H])c4c(c3)oc3ccccc34)c3c([2H])c([2H])c([2H])c([2H])c23)c([2H])c1[2H]. The molecule has 0 spiro atoms. The summed E-state index contributed by atoms with van der Waals surface area (Å²) in [4.78, 5) is 0. The highest BCUT2D eigenvalue weighted by Gasteiger charge is 2.21. The molecule has 0 unspecified atom stereocenters. The van der Waals surface area contributed by atoms with Gasteiger partial charge in [-0.3, -0.25) is 0 Å². The van der Waals surface area contributed by atoms with Crippen LogP contribution in [-0.4, -0.2) is 0 Å². The molecular weight excluding hydrogens is 544 g/mol. The lowest BCUT2D eigenvalue weighted by Gasteiger charge is -2.20. The highest BCUT2D eigenvalue weighted by molar-refractivity contribution is 6.23. The molecule has 0 aliphatic carbocycles. The smallest absolute Gasteiger partial charge is 0.136 e. The summed E-state index contributed by atoms with van der Waals surface area (Å²) in [6.45, 7) is 0. The standard InChI is InChI=1S/C44H28O/c1-3-15-29(16-4-1)32-19-7-8-20-33(32)43-36-23-11-9-21-34(36)42(35-22-10-12-24-37(35)43)31-27-39(30-17-5-2-6-18-30)44-38-25-13-14-26-40(38)45-41(44)28-31/h1-28H/i1D,2D,3D,4D,5D,6D,9D,10D,11D,12D,15D,16D,17D,18D,21D,22D,23D,24D. The maximum Gasteiger partial charge on any atom is 0.136 e. The van der Waals surface area contributed by atoms with Gasteiger partial charge in [0.05, 0.1) is 24.7 Å². The molecule has 1 heteroatoms. The predicted octanol–water partition coefficient (Wildman–Crippen LogP) is 12.6. The minimum atomic E-state index is -0.701. The van der Waals surface area contributed by atoms with Crippen molar-refractivity contribution in [2.45, 2.75) is 0 Å². The minimum Gasteiger partial charge on any atom is -0.456 e. The number of para-hydroxylation sites is 1. The van der Waals surface area contributed by atoms with Gasteiger partial charge in [0.2, 0.25) is 0 Å². The van der Waals surface area contributed by atoms with Gasteiger partial charge in [-0.2, -0.15) is 0 Å². The van der Waals surface area contributed by atoms with Crippen molar-refractivity contribution < 1.29 is 29.1 Å². The van der Waals surface area contributed by atoms with Crippen LogP contribution in [0.15, 0.2) is 174 Å². The molecule has 0 saturated heterocycles. The van der Waals surface area contributed by atoms with E-state index in [2.05, 4.69) is 0 Å². The molecular formula is C44H28O. The summed E-state index contributed by atoms with van der Waals surface area (Å²) in [5.74, 6) is 0. The third kappa shape index (κ3) is 4.09. The van der Waals surface area contributed by atoms with Crippen molar-refractivity contribution in [3.8, 4) is 44.5 Å². The first-order valence-electron chi connectivity index (χ1n) is 23.0. The second kappa shape index (κ2) is 10.4. The second-order valence-corrected chi connectivity index (χ2v) is 10.3. The van der Waals surface area contributed by atoms with Crippen LogP contribution < -0.4 is 0 Å². The molecule has 1 heterocycles. The van der Waals surface area contributed by atoms with E-state index in [1.807, 2.05) is 0 Å². The van der Waals surface area contributed by atoms with E-state index < -0.39 is 109 Å². The Kier molecular flexibility index (Phi) is 3.08. The van der Waals surface area contributed by atoms with Gasteiger partial charge in [-0.05, 0) is 84.3 Å². The Morgan fingerprint density at radius 2 is 0.889 bits per heavy atom. The van der Waals surface area contributed by atoms with Crippen LogP contribution in [0.1, 0.15) is 24.7 Å². The zero-order chi connectivity index (χ0) is 45.4. The van der Waals surface area contributed by atoms with Gasteiger partial charge in [-0.25, -0.2) is 0 Å². The number of hydrogen-bond donors (Lipinski definition) is 0. The summed E-state index contributed by atoms with van der Waals surface area (Å²) in [7, 11) is 0. The van der Waals surface area contributed by atoms with Crippen molar-refractivity contribution in [2.75, 3.05) is 0 Å². The summed E-state index contributed by atoms with van der Waals surface area (Å²) < 4.78 is 166. The van der Waals surface area contributed by atoms with E-state index in [4.69, 9.17) is 23.6 Å². The Hall–Kier alpha value is -5.92. The van der Waals surface area contributed by atoms with Crippen molar-refractivity contribution in [3.05, 3.63) is 169 Å². The van der Waals surface area contributed by atoms with Gasteiger partial charge in [0, 0.05) is 10.8 Å². The van der Waals surface area contributed by atoms with Crippen molar-refractivity contribution in [3.63, 3.8) is 0 Å². The Morgan fingerprint density at radius 3 is 1.53 bits per heavy atom. The van der Waals surface area contributed by atoms with E-state index in [-0.39, 0.29) is 71.6 Å². The van der Waals surface area contributed by atoms with E-state index in [9.17, 15) is 5.48 Å². The molecule has 45 heavy (non-hydrogen) atoms. The zero-order valence-corrected chi connectivity index (χ0v) is 23.2. The number of fused-ring (bicyclic) bond motifs is 5. The van der Waals surface area contributed by atoms with Crippen LogP contribution >= 0.6 is 0 Å². The van der Waals surface area contributed by atoms with Crippen molar-refractivity contribution in [2.24, 2.45) is 0 Å². The molecule has 0 bridgehead atoms. The molecule has 0 aliphatic heterocycles. The fourth-order valence-electron chi connectivity index (χ4n) is 6.07. The van der Waals surface area contributed by atoms with Gasteiger partial charge < -0.3 is 4.42 Å². The highest BCUT2D eigenvalue weighted by atomic mass is 16.3. The first-order chi connectivity index (χ1) is 29.8. The lowest BCUT2D eigenvalue weighted by molar-refractivity contribution is 0.669. The number of benzene rings is 8. The van der Waals surface area contributed by atoms with Crippen LogP contribution in [0.25, 0.3) is 88.0 Å². The van der Waals surface area contributed by atoms with E-state index in [0.29, 0.717) is 16.4 Å². The molecule has 1 nitrogen and oxygen atoms in total. The number of rotatable bonds is 4. The summed E-state index contributed by atoms with van der Waals surface area (Å²) >= 11 is 0. The summed E-state index contributed by atoms with van der Waals surface area (Å²) in [6, 6.07) is 4.40. The van der Waals surface area contributed by atoms with Crippen LogP contribution in [0, 0.1) is 0 Å². The maximum atomic E-state index is 9.49. The van der Waals surface area contributed by atoms with E-state index >= 15 is 0 Å². The minimum absolute atomic E-state index is 0.0110. The quantitative estimate of drug-likeness (QED) is 0.186. The normalized spacial score (nSPS) is 17.2. The van der Waals surface area contributed by atoms with Gasteiger partial charge in [0.25, 0.3) is 0 Å². The summed E-state index contributed by atoms with van der Waals surface area (Å²) in [5, 5.41) is -0.0722. The zero-order valence-electron chi connectivity index (χ0n) is 41.2. The Balaban J connectivity index is 1.57. The first kappa shape index (κ1) is 13.4. The van der Waals surface area contributed by atoms with Crippen LogP contribution in [0.4, 0.5) is 0 Å². The summed E-state index contributed by atoms with van der Waals surface area (Å²) in [6.07, 6.45) is 0. The Labute approximate surface area is 286 Å². The molecule has 0 atom stereocenters. The van der Waals surface area contributed by atoms with Crippen LogP contribution in [0.5, 0.6) is 0 Å². The average molecular weight is 591 g/mol. The number of hydrogen-bond acceptors (Lipinski definition) is 1. The third-order valence-electron chi connectivity index (χ3n) is 7.88. The number of furan rings is 1. The molecule has 210 valence electrons. The fourth-order valence-corrected chi connectivity index (χ4v) is 6.07. The van der Waals surface area contributed by atoms with Crippen LogP contribution in [-0.2, 0) is 0 Å². The van der Waals surface area contributed by atoms with Gasteiger partial charge >= 0.3 is 0 Å². The molecule has 8 aromatic carbocycles. The Bertz CT molecular complexity index is 3420. The second-order valence-electron chi connectivity index (χ2n) is 10.3. The first-order valence-corrected chi connectivity index (χ1v) is 14.0. The van der Waals surface area contributed by atoms with E-state index in [1.54, 1.807) is 30.3 Å². The topological polar surface area (TPSA) is 13.1 Å². The van der Waals surface area contributed by atoms with Crippen molar-refractivity contribution >= 4 is 43.5 Å². The Morgan fingerprint density at radius 1 is 0.378 bits per heavy atom. The van der Waals surface area contributed by atoms with Gasteiger partial charge in [0.1, 0.15) is 11.2 Å². The summed E-state index contributed by atoms with van der Waals surface area (Å²) in [5.41, 5.74) is -0.118. The van der Waals surface area contributed by atoms with Gasteiger partial charge in [-0.1, -0.05) is 151 Å². The lowest BCUT2D eigenvalue weighted by Crippen LogP contribution is -1.93. The lowest BCUT2D eigenvalue weighted by atomic mass is 9.83. The molecule has 0 aliphatic rings. The van der Waals surface area contributed by atoms with Gasteiger partial charge in [0.15, 0.2) is 0 Å². The van der Waals surface area contributed by atoms with Crippen LogP contribution in [0.2, 0.25) is 0 Å². The van der Waals surface area contributed by atoms with Gasteiger partial charge in [-0.15, -0.1) is 0 Å². The molecule has 0 saturated carbocycles. The molecule has 0 radical (unpaired) electrons. The molecule has 9 aromatic rings. The van der Waals surface area contributed by atoms with Crippen LogP contribution in [0.3, 0.4) is 0 Å². The third-order valence-corrected chi connectivity index (χ3v) is 7.88.